The molecule has 2 heterocycles. The monoisotopic (exact) mass is 391 g/mol. The molecule has 140 valence electrons. The van der Waals surface area contributed by atoms with Crippen LogP contribution < -0.4 is 15.2 Å². The zero-order chi connectivity index (χ0) is 19.8. The molecule has 0 amide bonds. The summed E-state index contributed by atoms with van der Waals surface area (Å²) in [5.41, 5.74) is 2.39. The zero-order valence-electron chi connectivity index (χ0n) is 15.5. The lowest BCUT2D eigenvalue weighted by Gasteiger charge is -2.18. The summed E-state index contributed by atoms with van der Waals surface area (Å²) in [7, 11) is 0. The molecule has 0 N–H and O–H groups in total. The topological polar surface area (TPSA) is 61.3 Å². The summed E-state index contributed by atoms with van der Waals surface area (Å²) in [5.74, 6) is -0.575. The zero-order valence-corrected chi connectivity index (χ0v) is 16.2. The van der Waals surface area contributed by atoms with Gasteiger partial charge in [0.2, 0.25) is 0 Å². The Morgan fingerprint density at radius 1 is 1.00 bits per heavy atom. The van der Waals surface area contributed by atoms with Crippen molar-refractivity contribution < 1.29 is 9.67 Å². The first-order valence-electron chi connectivity index (χ1n) is 8.97. The fourth-order valence-electron chi connectivity index (χ4n) is 3.26. The number of nitrogens with zero attached hydrogens (tertiary/aromatic N) is 3. The molecule has 2 aromatic heterocycles. The maximum absolute atomic E-state index is 13.2. The van der Waals surface area contributed by atoms with Gasteiger partial charge in [-0.2, -0.15) is 0 Å². The third kappa shape index (κ3) is 3.04. The van der Waals surface area contributed by atoms with Gasteiger partial charge in [-0.3, -0.25) is 0 Å². The molecule has 0 aliphatic rings. The standard InChI is InChI=1S/C22H18ClN3O2/c1-14(2)20-21(27)25(17-10-8-16(23)9-11-17)19-13-12-18(24-26(19)22(20)28)15-6-4-3-5-7-15/h3-14H,1-2H3. The van der Waals surface area contributed by atoms with Gasteiger partial charge in [0, 0.05) is 16.7 Å². The van der Waals surface area contributed by atoms with Crippen molar-refractivity contribution >= 4 is 17.2 Å². The van der Waals surface area contributed by atoms with E-state index in [1.54, 1.807) is 30.3 Å². The molecule has 0 spiro atoms. The van der Waals surface area contributed by atoms with Gasteiger partial charge in [0.05, 0.1) is 11.4 Å². The molecule has 0 aliphatic heterocycles. The summed E-state index contributed by atoms with van der Waals surface area (Å²) in [5, 5.41) is 18.3. The Hall–Kier alpha value is -3.18. The van der Waals surface area contributed by atoms with Crippen molar-refractivity contribution in [1.29, 1.82) is 0 Å². The van der Waals surface area contributed by atoms with Crippen molar-refractivity contribution in [1.82, 2.24) is 9.61 Å². The van der Waals surface area contributed by atoms with Crippen molar-refractivity contribution in [3.05, 3.63) is 87.7 Å². The SMILES string of the molecule is CC(C)c1c([O-])[n+](-c2ccc(Cl)cc2)c2ccc(-c3ccccc3)nn2c1=O. The highest BCUT2D eigenvalue weighted by molar-refractivity contribution is 6.30. The Labute approximate surface area is 167 Å². The number of fused-ring (bicyclic) bond motifs is 1. The molecule has 0 saturated heterocycles. The van der Waals surface area contributed by atoms with Gasteiger partial charge in [0.15, 0.2) is 0 Å². The number of aromatic nitrogens is 3. The molecule has 2 aromatic carbocycles. The number of benzene rings is 2. The van der Waals surface area contributed by atoms with Gasteiger partial charge in [-0.25, -0.2) is 9.36 Å². The Morgan fingerprint density at radius 2 is 1.68 bits per heavy atom. The van der Waals surface area contributed by atoms with Crippen LogP contribution in [0.1, 0.15) is 25.3 Å². The van der Waals surface area contributed by atoms with Gasteiger partial charge < -0.3 is 5.11 Å². The van der Waals surface area contributed by atoms with Gasteiger partial charge in [0.1, 0.15) is 11.4 Å². The minimum absolute atomic E-state index is 0.199. The summed E-state index contributed by atoms with van der Waals surface area (Å²) in [6.07, 6.45) is 0. The molecule has 5 nitrogen and oxygen atoms in total. The summed E-state index contributed by atoms with van der Waals surface area (Å²) in [6.45, 7) is 3.66. The van der Waals surface area contributed by atoms with E-state index >= 15 is 0 Å². The minimum Gasteiger partial charge on any atom is -0.842 e. The Bertz CT molecular complexity index is 1220. The third-order valence-electron chi connectivity index (χ3n) is 4.63. The first-order valence-corrected chi connectivity index (χ1v) is 9.35. The van der Waals surface area contributed by atoms with Gasteiger partial charge >= 0.3 is 11.2 Å². The number of hydrogen-bond donors (Lipinski definition) is 0. The molecule has 0 aliphatic carbocycles. The molecule has 6 heteroatoms. The van der Waals surface area contributed by atoms with Gasteiger partial charge in [-0.15, -0.1) is 0 Å². The second kappa shape index (κ2) is 7.09. The van der Waals surface area contributed by atoms with E-state index in [4.69, 9.17) is 11.6 Å². The van der Waals surface area contributed by atoms with Crippen LogP contribution in [0.3, 0.4) is 0 Å². The lowest BCUT2D eigenvalue weighted by molar-refractivity contribution is -0.632. The van der Waals surface area contributed by atoms with Gasteiger partial charge in [-0.1, -0.05) is 65.4 Å². The largest absolute Gasteiger partial charge is 0.842 e. The van der Waals surface area contributed by atoms with Crippen molar-refractivity contribution in [3.63, 3.8) is 0 Å². The van der Waals surface area contributed by atoms with Crippen LogP contribution in [0.15, 0.2) is 71.5 Å². The van der Waals surface area contributed by atoms with Gasteiger partial charge in [0.25, 0.3) is 0 Å². The van der Waals surface area contributed by atoms with Crippen LogP contribution in [0.2, 0.25) is 5.02 Å². The molecule has 0 unspecified atom stereocenters. The predicted octanol–water partition coefficient (Wildman–Crippen LogP) is 3.49. The molecule has 0 radical (unpaired) electrons. The molecule has 28 heavy (non-hydrogen) atoms. The maximum atomic E-state index is 13.2. The van der Waals surface area contributed by atoms with Crippen LogP contribution in [0.4, 0.5) is 0 Å². The maximum Gasteiger partial charge on any atom is 0.365 e. The van der Waals surface area contributed by atoms with Crippen LogP contribution >= 0.6 is 11.6 Å². The highest BCUT2D eigenvalue weighted by Crippen LogP contribution is 2.21. The lowest BCUT2D eigenvalue weighted by Crippen LogP contribution is -2.44. The normalized spacial score (nSPS) is 11.3. The summed E-state index contributed by atoms with van der Waals surface area (Å²) >= 11 is 6.00. The van der Waals surface area contributed by atoms with E-state index in [1.807, 2.05) is 50.2 Å². The van der Waals surface area contributed by atoms with E-state index in [2.05, 4.69) is 5.10 Å². The quantitative estimate of drug-likeness (QED) is 0.502. The van der Waals surface area contributed by atoms with Crippen molar-refractivity contribution in [2.75, 3.05) is 0 Å². The van der Waals surface area contributed by atoms with E-state index in [1.165, 1.54) is 9.08 Å². The van der Waals surface area contributed by atoms with E-state index in [-0.39, 0.29) is 17.4 Å². The summed E-state index contributed by atoms with van der Waals surface area (Å²) in [6, 6.07) is 20.1. The van der Waals surface area contributed by atoms with Crippen LogP contribution in [-0.2, 0) is 0 Å². The molecule has 4 rings (SSSR count). The van der Waals surface area contributed by atoms with E-state index in [0.29, 0.717) is 22.1 Å². The Morgan fingerprint density at radius 3 is 2.32 bits per heavy atom. The molecular formula is C22H18ClN3O2. The molecule has 4 aromatic rings. The molecule has 0 saturated carbocycles. The minimum atomic E-state index is -0.391. The molecule has 0 fully saturated rings. The van der Waals surface area contributed by atoms with Gasteiger partial charge in [-0.05, 0) is 36.2 Å². The molecule has 0 bridgehead atoms. The second-order valence-electron chi connectivity index (χ2n) is 6.85. The van der Waals surface area contributed by atoms with E-state index < -0.39 is 5.56 Å². The van der Waals surface area contributed by atoms with Crippen LogP contribution in [-0.4, -0.2) is 9.61 Å². The molecule has 0 atom stereocenters. The predicted molar refractivity (Wildman–Crippen MR) is 107 cm³/mol. The second-order valence-corrected chi connectivity index (χ2v) is 7.28. The third-order valence-corrected chi connectivity index (χ3v) is 4.88. The highest BCUT2D eigenvalue weighted by Gasteiger charge is 2.23. The number of rotatable bonds is 3. The van der Waals surface area contributed by atoms with E-state index in [0.717, 1.165) is 5.56 Å². The number of halogens is 1. The van der Waals surface area contributed by atoms with Crippen molar-refractivity contribution in [3.8, 4) is 22.8 Å². The van der Waals surface area contributed by atoms with Crippen molar-refractivity contribution in [2.24, 2.45) is 0 Å². The van der Waals surface area contributed by atoms with E-state index in [9.17, 15) is 9.90 Å². The van der Waals surface area contributed by atoms with Crippen LogP contribution in [0.25, 0.3) is 22.6 Å². The van der Waals surface area contributed by atoms with Crippen molar-refractivity contribution in [2.45, 2.75) is 19.8 Å². The summed E-state index contributed by atoms with van der Waals surface area (Å²) < 4.78 is 2.82. The first kappa shape index (κ1) is 18.2. The number of hydrogen-bond acceptors (Lipinski definition) is 3. The Balaban J connectivity index is 2.08. The highest BCUT2D eigenvalue weighted by atomic mass is 35.5. The van der Waals surface area contributed by atoms with Crippen LogP contribution in [0, 0.1) is 0 Å². The first-order chi connectivity index (χ1) is 13.5. The Kier molecular flexibility index (Phi) is 4.61. The molecular weight excluding hydrogens is 374 g/mol. The fraction of sp³-hybridized carbons (Fsp3) is 0.136. The van der Waals surface area contributed by atoms with Crippen LogP contribution in [0.5, 0.6) is 5.88 Å². The average molecular weight is 392 g/mol. The summed E-state index contributed by atoms with van der Waals surface area (Å²) in [4.78, 5) is 13.1. The average Bonchev–Trinajstić information content (AvgIpc) is 2.70. The fourth-order valence-corrected chi connectivity index (χ4v) is 3.39. The lowest BCUT2D eigenvalue weighted by atomic mass is 10.1. The smallest absolute Gasteiger partial charge is 0.365 e.